The molecule has 2 aliphatic heterocycles. The molecule has 4 heteroatoms. The van der Waals surface area contributed by atoms with E-state index in [1.807, 2.05) is 0 Å². The van der Waals surface area contributed by atoms with Crippen molar-refractivity contribution in [1.29, 1.82) is 0 Å². The van der Waals surface area contributed by atoms with Gasteiger partial charge in [0.1, 0.15) is 6.10 Å². The third kappa shape index (κ3) is 3.73. The molecular weight excluding hydrogens is 384 g/mol. The van der Waals surface area contributed by atoms with E-state index in [0.717, 1.165) is 39.0 Å². The van der Waals surface area contributed by atoms with Crippen LogP contribution >= 0.6 is 0 Å². The summed E-state index contributed by atoms with van der Waals surface area (Å²) in [6.07, 6.45) is 8.13. The third-order valence-corrected chi connectivity index (χ3v) is 8.20. The first-order valence-electron chi connectivity index (χ1n) is 12.0. The molecule has 0 saturated carbocycles. The molecule has 166 valence electrons. The second kappa shape index (κ2) is 7.81. The summed E-state index contributed by atoms with van der Waals surface area (Å²) in [5, 5.41) is 0. The van der Waals surface area contributed by atoms with Gasteiger partial charge in [-0.25, -0.2) is 0 Å². The maximum Gasteiger partial charge on any atom is 0.311 e. The van der Waals surface area contributed by atoms with Crippen LogP contribution in [0.2, 0.25) is 0 Å². The van der Waals surface area contributed by atoms with Crippen molar-refractivity contribution in [3.05, 3.63) is 53.1 Å². The van der Waals surface area contributed by atoms with Gasteiger partial charge in [-0.2, -0.15) is 0 Å². The number of rotatable bonds is 3. The highest BCUT2D eigenvalue weighted by atomic mass is 16.6. The Morgan fingerprint density at radius 1 is 1.23 bits per heavy atom. The number of hydrogen-bond acceptors (Lipinski definition) is 4. The molecule has 31 heavy (non-hydrogen) atoms. The highest BCUT2D eigenvalue weighted by Crippen LogP contribution is 2.52. The number of allylic oxidation sites excluding steroid dienone is 3. The number of hydrogen-bond donors (Lipinski definition) is 0. The lowest BCUT2D eigenvalue weighted by molar-refractivity contribution is -0.145. The van der Waals surface area contributed by atoms with Crippen molar-refractivity contribution in [2.75, 3.05) is 31.1 Å². The highest BCUT2D eigenvalue weighted by molar-refractivity contribution is 5.76. The highest BCUT2D eigenvalue weighted by Gasteiger charge is 2.51. The smallest absolute Gasteiger partial charge is 0.311 e. The molecule has 0 bridgehead atoms. The fourth-order valence-electron chi connectivity index (χ4n) is 6.51. The quantitative estimate of drug-likeness (QED) is 0.661. The number of anilines is 1. The second-order valence-electron chi connectivity index (χ2n) is 10.6. The van der Waals surface area contributed by atoms with Gasteiger partial charge in [0.05, 0.1) is 5.92 Å². The Bertz CT molecular complexity index is 935. The molecule has 4 nitrogen and oxygen atoms in total. The van der Waals surface area contributed by atoms with Crippen LogP contribution in [0.5, 0.6) is 0 Å². The summed E-state index contributed by atoms with van der Waals surface area (Å²) in [7, 11) is 0. The zero-order valence-corrected chi connectivity index (χ0v) is 19.4. The van der Waals surface area contributed by atoms with Gasteiger partial charge in [0.2, 0.25) is 0 Å². The lowest BCUT2D eigenvalue weighted by atomic mass is 9.62. The first kappa shape index (κ1) is 20.8. The van der Waals surface area contributed by atoms with Gasteiger partial charge in [-0.15, -0.1) is 0 Å². The monoisotopic (exact) mass is 420 g/mol. The summed E-state index contributed by atoms with van der Waals surface area (Å²) in [5.74, 6) is 0.209. The fraction of sp³-hybridized carbons (Fsp3) is 0.593. The van der Waals surface area contributed by atoms with Crippen LogP contribution in [0.4, 0.5) is 5.69 Å². The predicted octanol–water partition coefficient (Wildman–Crippen LogP) is 4.74. The van der Waals surface area contributed by atoms with Crippen LogP contribution in [0.15, 0.2) is 47.6 Å². The molecule has 0 unspecified atom stereocenters. The van der Waals surface area contributed by atoms with Crippen molar-refractivity contribution in [2.45, 2.75) is 59.1 Å². The first-order valence-corrected chi connectivity index (χ1v) is 12.0. The standard InChI is InChI=1S/C27H36N2O2/c1-18-7-5-9-21(13-18)29-12-11-28(16-20(29)3)17-23-22-14-24-19(2)8-6-10-27(24,4)15-25(22)31-26(23)30/h5,7-9,13-14,20,22-23,25H,6,10-12,15-17H2,1-4H3/t20-,22-,23-,25+,27+/m0/s1. The van der Waals surface area contributed by atoms with Crippen LogP contribution in [0.3, 0.4) is 0 Å². The van der Waals surface area contributed by atoms with Gasteiger partial charge in [-0.3, -0.25) is 9.69 Å². The van der Waals surface area contributed by atoms with E-state index in [4.69, 9.17) is 4.74 Å². The zero-order valence-electron chi connectivity index (χ0n) is 19.4. The summed E-state index contributed by atoms with van der Waals surface area (Å²) in [6, 6.07) is 9.21. The van der Waals surface area contributed by atoms with E-state index in [0.29, 0.717) is 6.04 Å². The van der Waals surface area contributed by atoms with Crippen LogP contribution in [0.1, 0.15) is 45.6 Å². The molecule has 0 spiro atoms. The van der Waals surface area contributed by atoms with E-state index in [2.05, 4.69) is 73.9 Å². The lowest BCUT2D eigenvalue weighted by Gasteiger charge is -2.44. The molecule has 4 aliphatic rings. The van der Waals surface area contributed by atoms with Crippen molar-refractivity contribution >= 4 is 11.7 Å². The zero-order chi connectivity index (χ0) is 21.8. The summed E-state index contributed by atoms with van der Waals surface area (Å²) < 4.78 is 5.96. The molecule has 1 aromatic carbocycles. The number of ether oxygens (including phenoxy) is 1. The number of carbonyl (C=O) groups is 1. The number of aryl methyl sites for hydroxylation is 1. The molecular formula is C27H36N2O2. The molecule has 2 aliphatic carbocycles. The topological polar surface area (TPSA) is 32.8 Å². The van der Waals surface area contributed by atoms with Gasteiger partial charge in [0.25, 0.3) is 0 Å². The van der Waals surface area contributed by atoms with Gasteiger partial charge in [0.15, 0.2) is 0 Å². The van der Waals surface area contributed by atoms with E-state index in [1.54, 1.807) is 0 Å². The van der Waals surface area contributed by atoms with E-state index >= 15 is 0 Å². The average molecular weight is 421 g/mol. The summed E-state index contributed by atoms with van der Waals surface area (Å²) >= 11 is 0. The Morgan fingerprint density at radius 3 is 2.84 bits per heavy atom. The maximum absolute atomic E-state index is 12.9. The van der Waals surface area contributed by atoms with Gasteiger partial charge in [-0.1, -0.05) is 36.8 Å². The minimum Gasteiger partial charge on any atom is -0.461 e. The second-order valence-corrected chi connectivity index (χ2v) is 10.6. The van der Waals surface area contributed by atoms with Gasteiger partial charge in [-0.05, 0) is 68.7 Å². The molecule has 0 amide bonds. The number of carbonyl (C=O) groups excluding carboxylic acids is 1. The number of nitrogens with zero attached hydrogens (tertiary/aromatic N) is 2. The van der Waals surface area contributed by atoms with E-state index < -0.39 is 0 Å². The number of benzene rings is 1. The predicted molar refractivity (Wildman–Crippen MR) is 125 cm³/mol. The minimum absolute atomic E-state index is 0.0181. The Morgan fingerprint density at radius 2 is 2.06 bits per heavy atom. The number of fused-ring (bicyclic) bond motifs is 2. The molecule has 2 heterocycles. The van der Waals surface area contributed by atoms with E-state index in [-0.39, 0.29) is 29.3 Å². The van der Waals surface area contributed by atoms with Gasteiger partial charge < -0.3 is 9.64 Å². The fourth-order valence-corrected chi connectivity index (χ4v) is 6.51. The van der Waals surface area contributed by atoms with Crippen LogP contribution < -0.4 is 4.90 Å². The third-order valence-electron chi connectivity index (χ3n) is 8.20. The SMILES string of the molecule is CC1=CCC[C@]2(C)C[C@H]3OC(=O)[C@@H](CN4CCN(c5cccc(C)c5)[C@@H](C)C4)[C@@H]3C=C12. The minimum atomic E-state index is -0.0329. The van der Waals surface area contributed by atoms with Crippen LogP contribution in [0, 0.1) is 24.2 Å². The van der Waals surface area contributed by atoms with Crippen molar-refractivity contribution in [1.82, 2.24) is 4.90 Å². The Balaban J connectivity index is 1.30. The van der Waals surface area contributed by atoms with Crippen molar-refractivity contribution in [3.8, 4) is 0 Å². The number of esters is 1. The van der Waals surface area contributed by atoms with Crippen molar-refractivity contribution in [2.24, 2.45) is 17.3 Å². The van der Waals surface area contributed by atoms with Gasteiger partial charge in [0, 0.05) is 43.8 Å². The molecule has 2 fully saturated rings. The summed E-state index contributed by atoms with van der Waals surface area (Å²) in [6.45, 7) is 12.8. The molecule has 2 saturated heterocycles. The average Bonchev–Trinajstić information content (AvgIpc) is 3.00. The lowest BCUT2D eigenvalue weighted by Crippen LogP contribution is -2.53. The Hall–Kier alpha value is -2.07. The van der Waals surface area contributed by atoms with Crippen LogP contribution in [-0.4, -0.2) is 49.2 Å². The summed E-state index contributed by atoms with van der Waals surface area (Å²) in [5.41, 5.74) is 5.66. The molecule has 0 aromatic heterocycles. The van der Waals surface area contributed by atoms with Gasteiger partial charge >= 0.3 is 5.97 Å². The molecule has 0 radical (unpaired) electrons. The van der Waals surface area contributed by atoms with E-state index in [9.17, 15) is 4.79 Å². The van der Waals surface area contributed by atoms with E-state index in [1.165, 1.54) is 28.8 Å². The molecule has 0 N–H and O–H groups in total. The normalized spacial score (nSPS) is 35.7. The largest absolute Gasteiger partial charge is 0.461 e. The van der Waals surface area contributed by atoms with Crippen molar-refractivity contribution < 1.29 is 9.53 Å². The Labute approximate surface area is 186 Å². The molecule has 5 atom stereocenters. The molecule has 5 rings (SSSR count). The maximum atomic E-state index is 12.9. The van der Waals surface area contributed by atoms with Crippen LogP contribution in [-0.2, 0) is 9.53 Å². The molecule has 1 aromatic rings. The first-order chi connectivity index (χ1) is 14.8. The van der Waals surface area contributed by atoms with Crippen molar-refractivity contribution in [3.63, 3.8) is 0 Å². The van der Waals surface area contributed by atoms with Crippen LogP contribution in [0.25, 0.3) is 0 Å². The summed E-state index contributed by atoms with van der Waals surface area (Å²) in [4.78, 5) is 17.9. The number of piperazine rings is 1. The Kier molecular flexibility index (Phi) is 5.24.